The number of phenolic OH excluding ortho intramolecular Hbond substituents is 1. The van der Waals surface area contributed by atoms with Gasteiger partial charge in [-0.25, -0.2) is 4.79 Å². The second-order valence-electron chi connectivity index (χ2n) is 4.36. The van der Waals surface area contributed by atoms with Crippen molar-refractivity contribution in [2.45, 2.75) is 6.54 Å². The van der Waals surface area contributed by atoms with Gasteiger partial charge in [0.25, 0.3) is 0 Å². The van der Waals surface area contributed by atoms with Crippen molar-refractivity contribution in [3.63, 3.8) is 0 Å². The molecule has 0 aromatic heterocycles. The maximum absolute atomic E-state index is 10.8. The van der Waals surface area contributed by atoms with Crippen LogP contribution in [0.5, 0.6) is 5.75 Å². The number of halogens is 1. The number of hydrogen-bond donors (Lipinski definition) is 2. The zero-order valence-electron chi connectivity index (χ0n) is 9.84. The smallest absolute Gasteiger partial charge is 0.407 e. The van der Waals surface area contributed by atoms with E-state index in [9.17, 15) is 9.90 Å². The van der Waals surface area contributed by atoms with Crippen molar-refractivity contribution >= 4 is 22.0 Å². The molecule has 1 aliphatic heterocycles. The summed E-state index contributed by atoms with van der Waals surface area (Å²) in [5, 5.41) is 18.4. The van der Waals surface area contributed by atoms with Gasteiger partial charge in [0.2, 0.25) is 0 Å². The summed E-state index contributed by atoms with van der Waals surface area (Å²) in [6, 6.07) is 5.34. The first-order valence-corrected chi connectivity index (χ1v) is 6.52. The molecule has 2 N–H and O–H groups in total. The molecule has 0 unspecified atom stereocenters. The highest BCUT2D eigenvalue weighted by Crippen LogP contribution is 2.21. The molecule has 1 fully saturated rings. The molecule has 0 spiro atoms. The first kappa shape index (κ1) is 13.2. The number of aromatic hydroxyl groups is 1. The molecule has 0 bridgehead atoms. The minimum atomic E-state index is -0.852. The number of rotatable bonds is 2. The molecule has 0 atom stereocenters. The van der Waals surface area contributed by atoms with Gasteiger partial charge in [0, 0.05) is 37.2 Å². The van der Waals surface area contributed by atoms with Gasteiger partial charge in [0.1, 0.15) is 5.75 Å². The molecule has 1 aromatic carbocycles. The third-order valence-electron chi connectivity index (χ3n) is 2.99. The standard InChI is InChI=1S/C12H15BrN2O3/c13-10-5-9(6-11(16)7-10)8-14-1-3-15(4-2-14)12(17)18/h5-7,16H,1-4,8H2,(H,17,18). The van der Waals surface area contributed by atoms with E-state index in [1.807, 2.05) is 6.07 Å². The van der Waals surface area contributed by atoms with Gasteiger partial charge in [0.05, 0.1) is 0 Å². The van der Waals surface area contributed by atoms with E-state index >= 15 is 0 Å². The van der Waals surface area contributed by atoms with E-state index in [4.69, 9.17) is 5.11 Å². The van der Waals surface area contributed by atoms with Crippen LogP contribution in [-0.2, 0) is 6.54 Å². The Labute approximate surface area is 114 Å². The Kier molecular flexibility index (Phi) is 4.08. The second kappa shape index (κ2) is 5.58. The summed E-state index contributed by atoms with van der Waals surface area (Å²) in [7, 11) is 0. The molecule has 98 valence electrons. The van der Waals surface area contributed by atoms with Crippen LogP contribution >= 0.6 is 15.9 Å². The molecule has 1 aromatic rings. The zero-order chi connectivity index (χ0) is 13.1. The van der Waals surface area contributed by atoms with Crippen LogP contribution in [0.2, 0.25) is 0 Å². The highest BCUT2D eigenvalue weighted by molar-refractivity contribution is 9.10. The molecule has 0 radical (unpaired) electrons. The predicted molar refractivity (Wildman–Crippen MR) is 70.7 cm³/mol. The summed E-state index contributed by atoms with van der Waals surface area (Å²) in [6.07, 6.45) is -0.852. The molecule has 1 saturated heterocycles. The predicted octanol–water partition coefficient (Wildman–Crippen LogP) is 1.95. The number of benzene rings is 1. The van der Waals surface area contributed by atoms with Crippen molar-refractivity contribution in [1.29, 1.82) is 0 Å². The lowest BCUT2D eigenvalue weighted by atomic mass is 10.2. The van der Waals surface area contributed by atoms with Crippen LogP contribution in [0.1, 0.15) is 5.56 Å². The fourth-order valence-corrected chi connectivity index (χ4v) is 2.61. The van der Waals surface area contributed by atoms with E-state index in [-0.39, 0.29) is 5.75 Å². The Balaban J connectivity index is 1.93. The van der Waals surface area contributed by atoms with E-state index in [0.717, 1.165) is 29.7 Å². The van der Waals surface area contributed by atoms with E-state index in [1.54, 1.807) is 12.1 Å². The van der Waals surface area contributed by atoms with E-state index in [2.05, 4.69) is 20.8 Å². The first-order chi connectivity index (χ1) is 8.54. The number of amides is 1. The Hall–Kier alpha value is -1.27. The molecule has 0 saturated carbocycles. The molecule has 18 heavy (non-hydrogen) atoms. The summed E-state index contributed by atoms with van der Waals surface area (Å²) < 4.78 is 0.849. The van der Waals surface area contributed by atoms with Crippen molar-refractivity contribution < 1.29 is 15.0 Å². The highest BCUT2D eigenvalue weighted by atomic mass is 79.9. The fourth-order valence-electron chi connectivity index (χ4n) is 2.08. The number of piperazine rings is 1. The van der Waals surface area contributed by atoms with E-state index in [0.29, 0.717) is 13.1 Å². The van der Waals surface area contributed by atoms with Crippen molar-refractivity contribution in [2.24, 2.45) is 0 Å². The van der Waals surface area contributed by atoms with Crippen molar-refractivity contribution in [3.05, 3.63) is 28.2 Å². The van der Waals surface area contributed by atoms with E-state index in [1.165, 1.54) is 4.90 Å². The third-order valence-corrected chi connectivity index (χ3v) is 3.45. The molecule has 6 heteroatoms. The van der Waals surface area contributed by atoms with Crippen LogP contribution in [0.25, 0.3) is 0 Å². The second-order valence-corrected chi connectivity index (χ2v) is 5.28. The lowest BCUT2D eigenvalue weighted by molar-refractivity contribution is 0.103. The average molecular weight is 315 g/mol. The van der Waals surface area contributed by atoms with Gasteiger partial charge in [-0.3, -0.25) is 4.90 Å². The van der Waals surface area contributed by atoms with Gasteiger partial charge in [-0.15, -0.1) is 0 Å². The van der Waals surface area contributed by atoms with Gasteiger partial charge in [0.15, 0.2) is 0 Å². The van der Waals surface area contributed by atoms with Crippen LogP contribution in [0.15, 0.2) is 22.7 Å². The monoisotopic (exact) mass is 314 g/mol. The highest BCUT2D eigenvalue weighted by Gasteiger charge is 2.20. The van der Waals surface area contributed by atoms with Crippen LogP contribution < -0.4 is 0 Å². The van der Waals surface area contributed by atoms with E-state index < -0.39 is 6.09 Å². The van der Waals surface area contributed by atoms with Gasteiger partial charge >= 0.3 is 6.09 Å². The molecule has 2 rings (SSSR count). The summed E-state index contributed by atoms with van der Waals surface area (Å²) in [5.41, 5.74) is 1.02. The molecule has 0 aliphatic carbocycles. The average Bonchev–Trinajstić information content (AvgIpc) is 2.28. The largest absolute Gasteiger partial charge is 0.508 e. The quantitative estimate of drug-likeness (QED) is 0.875. The van der Waals surface area contributed by atoms with Gasteiger partial charge < -0.3 is 15.1 Å². The molecular formula is C12H15BrN2O3. The Morgan fingerprint density at radius 3 is 2.44 bits per heavy atom. The summed E-state index contributed by atoms with van der Waals surface area (Å²) in [5.74, 6) is 0.239. The summed E-state index contributed by atoms with van der Waals surface area (Å²) >= 11 is 3.34. The third kappa shape index (κ3) is 3.36. The number of hydrogen-bond acceptors (Lipinski definition) is 3. The van der Waals surface area contributed by atoms with Crippen LogP contribution in [-0.4, -0.2) is 52.3 Å². The maximum atomic E-state index is 10.8. The molecule has 1 amide bonds. The zero-order valence-corrected chi connectivity index (χ0v) is 11.4. The normalized spacial score (nSPS) is 16.8. The number of nitrogens with zero attached hydrogens (tertiary/aromatic N) is 2. The SMILES string of the molecule is O=C(O)N1CCN(Cc2cc(O)cc(Br)c2)CC1. The van der Waals surface area contributed by atoms with Gasteiger partial charge in [-0.05, 0) is 23.8 Å². The van der Waals surface area contributed by atoms with Gasteiger partial charge in [-0.2, -0.15) is 0 Å². The molecule has 1 heterocycles. The maximum Gasteiger partial charge on any atom is 0.407 e. The minimum Gasteiger partial charge on any atom is -0.508 e. The van der Waals surface area contributed by atoms with Crippen molar-refractivity contribution in [2.75, 3.05) is 26.2 Å². The van der Waals surface area contributed by atoms with Crippen LogP contribution in [0.3, 0.4) is 0 Å². The summed E-state index contributed by atoms with van der Waals surface area (Å²) in [4.78, 5) is 14.4. The van der Waals surface area contributed by atoms with Crippen LogP contribution in [0.4, 0.5) is 4.79 Å². The van der Waals surface area contributed by atoms with Crippen molar-refractivity contribution in [1.82, 2.24) is 9.80 Å². The Morgan fingerprint density at radius 2 is 1.89 bits per heavy atom. The Morgan fingerprint density at radius 1 is 1.22 bits per heavy atom. The first-order valence-electron chi connectivity index (χ1n) is 5.73. The minimum absolute atomic E-state index is 0.239. The number of carbonyl (C=O) groups is 1. The molecule has 5 nitrogen and oxygen atoms in total. The lowest BCUT2D eigenvalue weighted by Gasteiger charge is -2.33. The molecular weight excluding hydrogens is 300 g/mol. The number of carboxylic acid groups (broad SMARTS) is 1. The summed E-state index contributed by atoms with van der Waals surface area (Å²) in [6.45, 7) is 3.24. The fraction of sp³-hybridized carbons (Fsp3) is 0.417. The van der Waals surface area contributed by atoms with Crippen LogP contribution in [0, 0.1) is 0 Å². The Bertz CT molecular complexity index is 425. The number of phenols is 1. The topological polar surface area (TPSA) is 64.0 Å². The van der Waals surface area contributed by atoms with Gasteiger partial charge in [-0.1, -0.05) is 15.9 Å². The molecule has 1 aliphatic rings. The van der Waals surface area contributed by atoms with Crippen molar-refractivity contribution in [3.8, 4) is 5.75 Å². The lowest BCUT2D eigenvalue weighted by Crippen LogP contribution is -2.47.